The van der Waals surface area contributed by atoms with Gasteiger partial charge in [0.2, 0.25) is 5.91 Å². The van der Waals surface area contributed by atoms with Crippen molar-refractivity contribution in [1.82, 2.24) is 24.5 Å². The largest absolute Gasteiger partial charge is 0.345 e. The smallest absolute Gasteiger partial charge is 0.230 e. The van der Waals surface area contributed by atoms with E-state index in [0.29, 0.717) is 29.6 Å². The zero-order valence-corrected chi connectivity index (χ0v) is 20.8. The summed E-state index contributed by atoms with van der Waals surface area (Å²) in [4.78, 5) is 18.0. The van der Waals surface area contributed by atoms with Crippen LogP contribution in [-0.4, -0.2) is 75.2 Å². The molecule has 3 rings (SSSR count). The van der Waals surface area contributed by atoms with Crippen LogP contribution >= 0.6 is 0 Å². The van der Waals surface area contributed by atoms with Crippen LogP contribution in [0.1, 0.15) is 50.4 Å². The highest BCUT2D eigenvalue weighted by molar-refractivity contribution is 6.09. The van der Waals surface area contributed by atoms with Gasteiger partial charge in [0.15, 0.2) is 0 Å². The summed E-state index contributed by atoms with van der Waals surface area (Å²) in [5.74, 6) is 0.0477. The van der Waals surface area contributed by atoms with E-state index >= 15 is 0 Å². The number of nitrogens with two attached hydrogens (primary N) is 1. The molecule has 1 atom stereocenters. The Bertz CT molecular complexity index is 1100. The van der Waals surface area contributed by atoms with Crippen molar-refractivity contribution in [2.75, 3.05) is 26.7 Å². The first-order valence-corrected chi connectivity index (χ1v) is 12.1. The zero-order valence-electron chi connectivity index (χ0n) is 20.8. The van der Waals surface area contributed by atoms with Crippen LogP contribution < -0.4 is 5.32 Å². The van der Waals surface area contributed by atoms with Gasteiger partial charge in [-0.3, -0.25) is 19.9 Å². The van der Waals surface area contributed by atoms with Crippen molar-refractivity contribution in [3.63, 3.8) is 0 Å². The molecule has 0 saturated carbocycles. The number of likely N-dealkylation sites (tertiary alicyclic amines) is 1. The van der Waals surface area contributed by atoms with Crippen molar-refractivity contribution in [3.8, 4) is 0 Å². The monoisotopic (exact) mass is 478 g/mol. The van der Waals surface area contributed by atoms with Gasteiger partial charge in [-0.2, -0.15) is 10.2 Å². The van der Waals surface area contributed by atoms with Crippen molar-refractivity contribution < 1.29 is 10.1 Å². The molecular weight excluding hydrogens is 442 g/mol. The molecule has 0 radical (unpaired) electrons. The molecule has 2 aromatic rings. The van der Waals surface area contributed by atoms with E-state index in [-0.39, 0.29) is 11.8 Å². The lowest BCUT2D eigenvalue weighted by Crippen LogP contribution is -2.79. The number of hydrogen-bond acceptors (Lipinski definition) is 6. The lowest BCUT2D eigenvalue weighted by molar-refractivity contribution is -0.585. The molecule has 0 bridgehead atoms. The molecule has 10 heteroatoms. The Morgan fingerprint density at radius 1 is 1.34 bits per heavy atom. The number of allylic oxidation sites excluding steroid dienone is 2. The first kappa shape index (κ1) is 26.0. The normalized spacial score (nSPS) is 16.9. The molecule has 35 heavy (non-hydrogen) atoms. The van der Waals surface area contributed by atoms with Crippen LogP contribution in [0.3, 0.4) is 0 Å². The van der Waals surface area contributed by atoms with Crippen LogP contribution in [0.4, 0.5) is 0 Å². The molecule has 3 heterocycles. The fraction of sp³-hybridized carbons (Fsp3) is 0.440. The van der Waals surface area contributed by atoms with Gasteiger partial charge < -0.3 is 15.6 Å². The summed E-state index contributed by atoms with van der Waals surface area (Å²) in [6.07, 6.45) is 16.6. The fourth-order valence-electron chi connectivity index (χ4n) is 3.97. The van der Waals surface area contributed by atoms with E-state index in [2.05, 4.69) is 29.0 Å². The first-order chi connectivity index (χ1) is 17.0. The lowest BCUT2D eigenvalue weighted by Gasteiger charge is -2.12. The van der Waals surface area contributed by atoms with Crippen molar-refractivity contribution in [3.05, 3.63) is 53.8 Å². The maximum Gasteiger partial charge on any atom is 0.230 e. The molecule has 186 valence electrons. The second-order valence-corrected chi connectivity index (χ2v) is 8.58. The first-order valence-electron chi connectivity index (χ1n) is 12.1. The molecule has 0 spiro atoms. The SMILES string of the molecule is CCC(CC)n1cc(C(=N)c2ccnn2C=CC(C=N)=C[NH2+]CCN=CC2CCN(C)C2=O)cn1. The summed E-state index contributed by atoms with van der Waals surface area (Å²) in [5.41, 5.74) is 2.45. The number of hydrogen-bond donors (Lipinski definition) is 3. The van der Waals surface area contributed by atoms with Gasteiger partial charge in [0, 0.05) is 49.6 Å². The number of rotatable bonds is 13. The highest BCUT2D eigenvalue weighted by Gasteiger charge is 2.27. The number of carbonyl (C=O) groups excluding carboxylic acids is 1. The third kappa shape index (κ3) is 6.69. The molecule has 0 aromatic carbocycles. The quantitative estimate of drug-likeness (QED) is 0.231. The van der Waals surface area contributed by atoms with Crippen LogP contribution in [-0.2, 0) is 4.79 Å². The molecule has 4 N–H and O–H groups in total. The summed E-state index contributed by atoms with van der Waals surface area (Å²) in [5, 5.41) is 27.1. The maximum absolute atomic E-state index is 11.9. The number of amides is 1. The van der Waals surface area contributed by atoms with Crippen molar-refractivity contribution in [2.24, 2.45) is 10.9 Å². The molecule has 10 nitrogen and oxygen atoms in total. The Morgan fingerprint density at radius 2 is 2.14 bits per heavy atom. The average molecular weight is 479 g/mol. The predicted molar refractivity (Wildman–Crippen MR) is 138 cm³/mol. The average Bonchev–Trinajstić information content (AvgIpc) is 3.61. The summed E-state index contributed by atoms with van der Waals surface area (Å²) < 4.78 is 3.56. The van der Waals surface area contributed by atoms with Crippen LogP contribution in [0.5, 0.6) is 0 Å². The van der Waals surface area contributed by atoms with Gasteiger partial charge >= 0.3 is 0 Å². The second kappa shape index (κ2) is 12.7. The highest BCUT2D eigenvalue weighted by atomic mass is 16.2. The van der Waals surface area contributed by atoms with E-state index in [0.717, 1.165) is 37.9 Å². The Morgan fingerprint density at radius 3 is 2.83 bits per heavy atom. The van der Waals surface area contributed by atoms with Gasteiger partial charge in [-0.15, -0.1) is 0 Å². The Labute approximate surface area is 206 Å². The van der Waals surface area contributed by atoms with E-state index in [4.69, 9.17) is 10.8 Å². The number of aliphatic imine (C=N–C) groups is 1. The number of quaternary nitrogens is 1. The molecule has 1 fully saturated rings. The van der Waals surface area contributed by atoms with E-state index in [1.165, 1.54) is 6.21 Å². The molecule has 1 aliphatic rings. The topological polar surface area (TPSA) is 133 Å². The van der Waals surface area contributed by atoms with E-state index < -0.39 is 0 Å². The third-order valence-electron chi connectivity index (χ3n) is 6.20. The maximum atomic E-state index is 11.9. The second-order valence-electron chi connectivity index (χ2n) is 8.58. The van der Waals surface area contributed by atoms with Crippen molar-refractivity contribution >= 4 is 30.2 Å². The third-order valence-corrected chi connectivity index (χ3v) is 6.20. The molecule has 1 unspecified atom stereocenters. The summed E-state index contributed by atoms with van der Waals surface area (Å²) in [7, 11) is 1.82. The van der Waals surface area contributed by atoms with E-state index in [1.807, 2.05) is 29.4 Å². The van der Waals surface area contributed by atoms with Gasteiger partial charge in [0.25, 0.3) is 0 Å². The Hall–Kier alpha value is -3.66. The van der Waals surface area contributed by atoms with Crippen molar-refractivity contribution in [2.45, 2.75) is 39.2 Å². The van der Waals surface area contributed by atoms with Gasteiger partial charge in [0.05, 0.1) is 48.8 Å². The van der Waals surface area contributed by atoms with Gasteiger partial charge in [-0.25, -0.2) is 4.68 Å². The molecular formula is C25H36N9O+. The van der Waals surface area contributed by atoms with Gasteiger partial charge in [0.1, 0.15) is 6.20 Å². The summed E-state index contributed by atoms with van der Waals surface area (Å²) in [6.45, 7) is 6.38. The van der Waals surface area contributed by atoms with Gasteiger partial charge in [-0.05, 0) is 31.4 Å². The molecule has 1 aliphatic heterocycles. The van der Waals surface area contributed by atoms with Crippen LogP contribution in [0, 0.1) is 16.7 Å². The highest BCUT2D eigenvalue weighted by Crippen LogP contribution is 2.17. The van der Waals surface area contributed by atoms with Crippen molar-refractivity contribution in [1.29, 1.82) is 10.8 Å². The standard InChI is InChI=1S/C25H35N9O/c1-4-22(5-2)34-18-21(17-31-34)24(27)23-6-9-30-33(23)13-7-19(14-26)15-28-10-11-29-16-20-8-12-32(3)25(20)35/h6-7,9,13-18,20,22,26-28H,4-5,8,10-12H2,1-3H3/p+1. The number of carbonyl (C=O) groups is 1. The van der Waals surface area contributed by atoms with Crippen LogP contribution in [0.2, 0.25) is 0 Å². The molecule has 0 aliphatic carbocycles. The molecule has 1 amide bonds. The predicted octanol–water partition coefficient (Wildman–Crippen LogP) is 1.97. The van der Waals surface area contributed by atoms with Crippen LogP contribution in [0.15, 0.2) is 47.5 Å². The summed E-state index contributed by atoms with van der Waals surface area (Å²) >= 11 is 0. The molecule has 1 saturated heterocycles. The Kier molecular flexibility index (Phi) is 9.42. The van der Waals surface area contributed by atoms with Gasteiger partial charge in [-0.1, -0.05) is 13.8 Å². The minimum atomic E-state index is -0.0910. The number of nitrogens with zero attached hydrogens (tertiary/aromatic N) is 6. The minimum absolute atomic E-state index is 0.0910. The summed E-state index contributed by atoms with van der Waals surface area (Å²) in [6, 6.07) is 2.13. The fourth-order valence-corrected chi connectivity index (χ4v) is 3.97. The zero-order chi connectivity index (χ0) is 25.2. The Balaban J connectivity index is 1.56. The van der Waals surface area contributed by atoms with E-state index in [1.54, 1.807) is 46.5 Å². The number of aromatic nitrogens is 4. The lowest BCUT2D eigenvalue weighted by atomic mass is 10.1. The van der Waals surface area contributed by atoms with E-state index in [9.17, 15) is 4.79 Å². The van der Waals surface area contributed by atoms with Crippen LogP contribution in [0.25, 0.3) is 6.20 Å². The molecule has 2 aromatic heterocycles. The minimum Gasteiger partial charge on any atom is -0.345 e. The number of nitrogens with one attached hydrogen (secondary N) is 2.